The molecule has 102 valence electrons. The van der Waals surface area contributed by atoms with Gasteiger partial charge in [0.05, 0.1) is 40.4 Å². The highest BCUT2D eigenvalue weighted by Crippen LogP contribution is 2.36. The fraction of sp³-hybridized carbons (Fsp3) is 0.143. The number of pyridine rings is 1. The topological polar surface area (TPSA) is 45.9 Å². The summed E-state index contributed by atoms with van der Waals surface area (Å²) in [6.45, 7) is 0. The maximum absolute atomic E-state index is 8.91. The Labute approximate surface area is 131 Å². The zero-order valence-electron chi connectivity index (χ0n) is 10.5. The number of hydrogen-bond acceptors (Lipinski definition) is 3. The molecule has 2 aromatic rings. The zero-order valence-corrected chi connectivity index (χ0v) is 12.7. The van der Waals surface area contributed by atoms with Gasteiger partial charge in [-0.15, -0.1) is 0 Å². The number of methoxy groups -OCH3 is 1. The second kappa shape index (κ2) is 6.32. The van der Waals surface area contributed by atoms with E-state index >= 15 is 0 Å². The van der Waals surface area contributed by atoms with Crippen molar-refractivity contribution in [2.75, 3.05) is 7.11 Å². The van der Waals surface area contributed by atoms with Gasteiger partial charge in [0.1, 0.15) is 0 Å². The van der Waals surface area contributed by atoms with Crippen LogP contribution in [0.15, 0.2) is 24.3 Å². The van der Waals surface area contributed by atoms with Crippen molar-refractivity contribution in [3.63, 3.8) is 0 Å². The Morgan fingerprint density at radius 1 is 1.10 bits per heavy atom. The van der Waals surface area contributed by atoms with Crippen LogP contribution in [0.5, 0.6) is 5.88 Å². The lowest BCUT2D eigenvalue weighted by Crippen LogP contribution is -1.97. The molecule has 0 radical (unpaired) electrons. The van der Waals surface area contributed by atoms with Gasteiger partial charge in [-0.1, -0.05) is 34.8 Å². The molecule has 0 fully saturated rings. The smallest absolute Gasteiger partial charge is 0.213 e. The molecule has 2 rings (SSSR count). The standard InChI is InChI=1S/C14H9Cl3N2O/c1-20-14-3-2-8(13(19-14)4-5-18)9-6-11(16)12(17)7-10(9)15/h2-3,6-7H,4H2,1H3. The third-order valence-corrected chi connectivity index (χ3v) is 3.74. The molecular weight excluding hydrogens is 319 g/mol. The molecule has 0 bridgehead atoms. The number of nitrogens with zero attached hydrogens (tertiary/aromatic N) is 2. The maximum Gasteiger partial charge on any atom is 0.213 e. The quantitative estimate of drug-likeness (QED) is 0.762. The number of ether oxygens (including phenoxy) is 1. The summed E-state index contributed by atoms with van der Waals surface area (Å²) in [6, 6.07) is 8.80. The first kappa shape index (κ1) is 14.9. The van der Waals surface area contributed by atoms with Crippen LogP contribution in [0.2, 0.25) is 15.1 Å². The van der Waals surface area contributed by atoms with Crippen molar-refractivity contribution in [2.24, 2.45) is 0 Å². The molecular formula is C14H9Cl3N2O. The first-order chi connectivity index (χ1) is 9.56. The van der Waals surface area contributed by atoms with Crippen molar-refractivity contribution in [3.8, 4) is 23.1 Å². The van der Waals surface area contributed by atoms with Gasteiger partial charge in [0.15, 0.2) is 0 Å². The Hall–Kier alpha value is -1.47. The average Bonchev–Trinajstić information content (AvgIpc) is 2.43. The second-order valence-electron chi connectivity index (χ2n) is 3.93. The predicted molar refractivity (Wildman–Crippen MR) is 80.6 cm³/mol. The number of benzene rings is 1. The average molecular weight is 328 g/mol. The maximum atomic E-state index is 8.91. The van der Waals surface area contributed by atoms with Gasteiger partial charge < -0.3 is 4.74 Å². The van der Waals surface area contributed by atoms with Crippen LogP contribution in [0.1, 0.15) is 5.69 Å². The Kier molecular flexibility index (Phi) is 4.72. The van der Waals surface area contributed by atoms with Gasteiger partial charge in [0, 0.05) is 17.2 Å². The molecule has 0 aliphatic carbocycles. The molecule has 0 saturated carbocycles. The van der Waals surface area contributed by atoms with E-state index in [-0.39, 0.29) is 6.42 Å². The van der Waals surface area contributed by atoms with Crippen molar-refractivity contribution in [1.82, 2.24) is 4.98 Å². The first-order valence-electron chi connectivity index (χ1n) is 5.62. The van der Waals surface area contributed by atoms with Gasteiger partial charge in [-0.25, -0.2) is 4.98 Å². The lowest BCUT2D eigenvalue weighted by atomic mass is 10.0. The minimum Gasteiger partial charge on any atom is -0.481 e. The lowest BCUT2D eigenvalue weighted by molar-refractivity contribution is 0.397. The van der Waals surface area contributed by atoms with Crippen LogP contribution < -0.4 is 4.74 Å². The molecule has 0 saturated heterocycles. The van der Waals surface area contributed by atoms with E-state index in [1.54, 1.807) is 24.3 Å². The number of rotatable bonds is 3. The van der Waals surface area contributed by atoms with Crippen LogP contribution in [0.25, 0.3) is 11.1 Å². The number of nitriles is 1. The Morgan fingerprint density at radius 2 is 1.80 bits per heavy atom. The van der Waals surface area contributed by atoms with Crippen LogP contribution in [0.4, 0.5) is 0 Å². The van der Waals surface area contributed by atoms with Crippen molar-refractivity contribution < 1.29 is 4.74 Å². The molecule has 1 aromatic heterocycles. The SMILES string of the molecule is COc1ccc(-c2cc(Cl)c(Cl)cc2Cl)c(CC#N)n1. The molecule has 1 heterocycles. The first-order valence-corrected chi connectivity index (χ1v) is 6.76. The van der Waals surface area contributed by atoms with Crippen LogP contribution in [-0.4, -0.2) is 12.1 Å². The van der Waals surface area contributed by atoms with E-state index in [0.29, 0.717) is 32.2 Å². The van der Waals surface area contributed by atoms with E-state index in [2.05, 4.69) is 11.1 Å². The monoisotopic (exact) mass is 326 g/mol. The van der Waals surface area contributed by atoms with Gasteiger partial charge in [-0.3, -0.25) is 0 Å². The van der Waals surface area contributed by atoms with Gasteiger partial charge in [0.25, 0.3) is 0 Å². The normalized spacial score (nSPS) is 10.2. The van der Waals surface area contributed by atoms with E-state index in [0.717, 1.165) is 5.56 Å². The highest BCUT2D eigenvalue weighted by molar-refractivity contribution is 6.44. The van der Waals surface area contributed by atoms with Crippen molar-refractivity contribution in [1.29, 1.82) is 5.26 Å². The largest absolute Gasteiger partial charge is 0.481 e. The molecule has 0 spiro atoms. The van der Waals surface area contributed by atoms with Crippen molar-refractivity contribution in [2.45, 2.75) is 6.42 Å². The van der Waals surface area contributed by atoms with Gasteiger partial charge in [0.2, 0.25) is 5.88 Å². The van der Waals surface area contributed by atoms with Crippen molar-refractivity contribution >= 4 is 34.8 Å². The minimum absolute atomic E-state index is 0.142. The van der Waals surface area contributed by atoms with E-state index in [1.165, 1.54) is 7.11 Å². The zero-order chi connectivity index (χ0) is 14.7. The third-order valence-electron chi connectivity index (χ3n) is 2.70. The summed E-state index contributed by atoms with van der Waals surface area (Å²) in [4.78, 5) is 4.27. The Bertz CT molecular complexity index is 696. The molecule has 0 atom stereocenters. The third kappa shape index (κ3) is 2.99. The summed E-state index contributed by atoms with van der Waals surface area (Å²) in [5.74, 6) is 0.440. The highest BCUT2D eigenvalue weighted by Gasteiger charge is 2.13. The van der Waals surface area contributed by atoms with Gasteiger partial charge in [-0.2, -0.15) is 5.26 Å². The van der Waals surface area contributed by atoms with E-state index in [1.807, 2.05) is 0 Å². The van der Waals surface area contributed by atoms with Crippen molar-refractivity contribution in [3.05, 3.63) is 45.0 Å². The molecule has 6 heteroatoms. The summed E-state index contributed by atoms with van der Waals surface area (Å²) in [6.07, 6.45) is 0.142. The number of hydrogen-bond donors (Lipinski definition) is 0. The molecule has 20 heavy (non-hydrogen) atoms. The second-order valence-corrected chi connectivity index (χ2v) is 5.15. The molecule has 0 N–H and O–H groups in total. The van der Waals surface area contributed by atoms with Gasteiger partial charge in [-0.05, 0) is 18.2 Å². The summed E-state index contributed by atoms with van der Waals surface area (Å²) < 4.78 is 5.06. The molecule has 1 aromatic carbocycles. The summed E-state index contributed by atoms with van der Waals surface area (Å²) in [5, 5.41) is 10.1. The van der Waals surface area contributed by atoms with Gasteiger partial charge >= 0.3 is 0 Å². The van der Waals surface area contributed by atoms with Crippen LogP contribution >= 0.6 is 34.8 Å². The Balaban J connectivity index is 2.63. The fourth-order valence-corrected chi connectivity index (χ4v) is 2.43. The van der Waals surface area contributed by atoms with E-state index < -0.39 is 0 Å². The number of aromatic nitrogens is 1. The Morgan fingerprint density at radius 3 is 2.45 bits per heavy atom. The molecule has 0 amide bonds. The molecule has 0 aliphatic heterocycles. The van der Waals surface area contributed by atoms with E-state index in [9.17, 15) is 0 Å². The van der Waals surface area contributed by atoms with Crippen LogP contribution in [0.3, 0.4) is 0 Å². The predicted octanol–water partition coefficient (Wildman–Crippen LogP) is 4.78. The lowest BCUT2D eigenvalue weighted by Gasteiger charge is -2.11. The van der Waals surface area contributed by atoms with Crippen LogP contribution in [0, 0.1) is 11.3 Å². The molecule has 0 aliphatic rings. The fourth-order valence-electron chi connectivity index (χ4n) is 1.78. The minimum atomic E-state index is 0.142. The van der Waals surface area contributed by atoms with Crippen LogP contribution in [-0.2, 0) is 6.42 Å². The molecule has 3 nitrogen and oxygen atoms in total. The summed E-state index contributed by atoms with van der Waals surface area (Å²) in [7, 11) is 1.52. The molecule has 0 unspecified atom stereocenters. The summed E-state index contributed by atoms with van der Waals surface area (Å²) in [5.41, 5.74) is 1.99. The van der Waals surface area contributed by atoms with E-state index in [4.69, 9.17) is 44.8 Å². The number of halogens is 3. The highest BCUT2D eigenvalue weighted by atomic mass is 35.5. The summed E-state index contributed by atoms with van der Waals surface area (Å²) >= 11 is 18.1.